The third-order valence-electron chi connectivity index (χ3n) is 4.59. The average molecular weight is 307 g/mol. The first-order valence-electron chi connectivity index (χ1n) is 8.34. The Morgan fingerprint density at radius 3 is 2.65 bits per heavy atom. The fraction of sp³-hybridized carbons (Fsp3) is 0.350. The van der Waals surface area contributed by atoms with Gasteiger partial charge in [-0.3, -0.25) is 0 Å². The Balaban J connectivity index is 1.58. The first-order chi connectivity index (χ1) is 11.4. The summed E-state index contributed by atoms with van der Waals surface area (Å²) in [7, 11) is 0. The molecule has 118 valence electrons. The molecule has 2 atom stereocenters. The van der Waals surface area contributed by atoms with E-state index in [9.17, 15) is 0 Å². The third kappa shape index (κ3) is 3.45. The molecule has 1 saturated heterocycles. The fourth-order valence-electron chi connectivity index (χ4n) is 3.25. The number of benzene rings is 2. The molecule has 2 aromatic rings. The van der Waals surface area contributed by atoms with E-state index in [2.05, 4.69) is 59.8 Å². The van der Waals surface area contributed by atoms with Crippen molar-refractivity contribution < 1.29 is 9.57 Å². The molecule has 2 aromatic carbocycles. The maximum absolute atomic E-state index is 5.58. The van der Waals surface area contributed by atoms with Gasteiger partial charge in [-0.15, -0.1) is 0 Å². The quantitative estimate of drug-likeness (QED) is 0.624. The van der Waals surface area contributed by atoms with Crippen LogP contribution in [0.15, 0.2) is 59.8 Å². The zero-order valence-electron chi connectivity index (χ0n) is 13.2. The van der Waals surface area contributed by atoms with E-state index in [-0.39, 0.29) is 6.10 Å². The van der Waals surface area contributed by atoms with Crippen LogP contribution in [0.1, 0.15) is 23.1 Å². The van der Waals surface area contributed by atoms with Gasteiger partial charge >= 0.3 is 0 Å². The maximum atomic E-state index is 5.58. The van der Waals surface area contributed by atoms with Gasteiger partial charge in [-0.25, -0.2) is 0 Å². The lowest BCUT2D eigenvalue weighted by molar-refractivity contribution is 0.123. The number of oxime groups is 1. The number of epoxide rings is 1. The normalized spacial score (nSPS) is 24.3. The van der Waals surface area contributed by atoms with E-state index in [1.54, 1.807) is 0 Å². The minimum Gasteiger partial charge on any atom is -0.393 e. The number of ether oxygens (including phenoxy) is 1. The molecule has 0 amide bonds. The molecule has 0 radical (unpaired) electrons. The average Bonchev–Trinajstić information content (AvgIpc) is 3.42. The van der Waals surface area contributed by atoms with Gasteiger partial charge < -0.3 is 9.57 Å². The molecular weight excluding hydrogens is 286 g/mol. The second-order valence-corrected chi connectivity index (χ2v) is 6.31. The molecule has 0 spiro atoms. The number of nitrogens with zero attached hydrogens (tertiary/aromatic N) is 1. The van der Waals surface area contributed by atoms with Crippen LogP contribution in [0.2, 0.25) is 0 Å². The van der Waals surface area contributed by atoms with E-state index in [1.807, 2.05) is 0 Å². The lowest BCUT2D eigenvalue weighted by Gasteiger charge is -2.26. The summed E-state index contributed by atoms with van der Waals surface area (Å²) in [5.74, 6) is 0.410. The highest BCUT2D eigenvalue weighted by atomic mass is 16.7. The van der Waals surface area contributed by atoms with Crippen molar-refractivity contribution in [3.05, 3.63) is 71.3 Å². The van der Waals surface area contributed by atoms with Crippen LogP contribution in [0.25, 0.3) is 0 Å². The summed E-state index contributed by atoms with van der Waals surface area (Å²) in [4.78, 5) is 5.58. The van der Waals surface area contributed by atoms with Crippen LogP contribution >= 0.6 is 0 Å². The number of hydrogen-bond acceptors (Lipinski definition) is 3. The van der Waals surface area contributed by atoms with Gasteiger partial charge in [-0.1, -0.05) is 59.8 Å². The van der Waals surface area contributed by atoms with E-state index in [0.29, 0.717) is 12.5 Å². The van der Waals surface area contributed by atoms with Gasteiger partial charge in [-0.2, -0.15) is 0 Å². The van der Waals surface area contributed by atoms with Crippen molar-refractivity contribution in [2.24, 2.45) is 11.1 Å². The first kappa shape index (κ1) is 14.5. The highest BCUT2D eigenvalue weighted by Crippen LogP contribution is 2.29. The highest BCUT2D eigenvalue weighted by Gasteiger charge is 2.27. The van der Waals surface area contributed by atoms with E-state index >= 15 is 0 Å². The van der Waals surface area contributed by atoms with E-state index in [0.717, 1.165) is 31.6 Å². The molecule has 0 aromatic heterocycles. The molecular formula is C20H21NO2. The first-order valence-corrected chi connectivity index (χ1v) is 8.34. The van der Waals surface area contributed by atoms with Crippen molar-refractivity contribution in [2.75, 3.05) is 13.2 Å². The topological polar surface area (TPSA) is 34.1 Å². The molecule has 1 heterocycles. The maximum Gasteiger partial charge on any atom is 0.145 e. The predicted molar refractivity (Wildman–Crippen MR) is 90.6 cm³/mol. The summed E-state index contributed by atoms with van der Waals surface area (Å²) in [5, 5.41) is 4.52. The minimum absolute atomic E-state index is 0.241. The Morgan fingerprint density at radius 1 is 1.04 bits per heavy atom. The van der Waals surface area contributed by atoms with Crippen molar-refractivity contribution in [3.8, 4) is 0 Å². The van der Waals surface area contributed by atoms with Gasteiger partial charge in [0.15, 0.2) is 0 Å². The molecule has 3 heteroatoms. The molecule has 1 aliphatic heterocycles. The van der Waals surface area contributed by atoms with Gasteiger partial charge in [0.05, 0.1) is 12.3 Å². The van der Waals surface area contributed by atoms with Crippen molar-refractivity contribution in [1.29, 1.82) is 0 Å². The summed E-state index contributed by atoms with van der Waals surface area (Å²) in [6.45, 7) is 1.36. The van der Waals surface area contributed by atoms with Gasteiger partial charge in [-0.05, 0) is 30.4 Å². The lowest BCUT2D eigenvalue weighted by Crippen LogP contribution is -2.26. The number of fused-ring (bicyclic) bond motifs is 1. The van der Waals surface area contributed by atoms with Crippen molar-refractivity contribution in [3.63, 3.8) is 0 Å². The predicted octanol–water partition coefficient (Wildman–Crippen LogP) is 3.61. The van der Waals surface area contributed by atoms with Crippen molar-refractivity contribution >= 4 is 5.71 Å². The summed E-state index contributed by atoms with van der Waals surface area (Å²) in [6, 6.07) is 19.2. The van der Waals surface area contributed by atoms with Gasteiger partial charge in [0, 0.05) is 11.5 Å². The Kier molecular flexibility index (Phi) is 4.12. The van der Waals surface area contributed by atoms with Gasteiger partial charge in [0.1, 0.15) is 12.7 Å². The molecule has 1 aliphatic carbocycles. The molecule has 0 N–H and O–H groups in total. The Labute approximate surface area is 136 Å². The standard InChI is InChI=1S/C20H21NO2/c1-2-6-15(7-3-1)12-17-11-10-16-8-4-5-9-19(16)20(17)21-23-14-18-13-22-18/h1-9,17-18H,10-14H2/b21-20+. The second-order valence-electron chi connectivity index (χ2n) is 6.31. The number of aryl methyl sites for hydroxylation is 1. The molecule has 4 rings (SSSR count). The molecule has 23 heavy (non-hydrogen) atoms. The van der Waals surface area contributed by atoms with E-state index < -0.39 is 0 Å². The highest BCUT2D eigenvalue weighted by molar-refractivity contribution is 6.04. The molecule has 0 saturated carbocycles. The Bertz CT molecular complexity index is 692. The van der Waals surface area contributed by atoms with Crippen LogP contribution in [0, 0.1) is 5.92 Å². The summed E-state index contributed by atoms with van der Waals surface area (Å²) >= 11 is 0. The largest absolute Gasteiger partial charge is 0.393 e. The second kappa shape index (κ2) is 6.55. The summed E-state index contributed by atoms with van der Waals surface area (Å²) < 4.78 is 5.20. The molecule has 3 nitrogen and oxygen atoms in total. The van der Waals surface area contributed by atoms with Gasteiger partial charge in [0.2, 0.25) is 0 Å². The van der Waals surface area contributed by atoms with E-state index in [4.69, 9.17) is 9.57 Å². The molecule has 2 unspecified atom stereocenters. The lowest BCUT2D eigenvalue weighted by atomic mass is 9.79. The Hall–Kier alpha value is -2.13. The van der Waals surface area contributed by atoms with Crippen LogP contribution in [0.3, 0.4) is 0 Å². The SMILES string of the molecule is c1ccc(CC2CCc3ccccc3/C2=N/OCC2CO2)cc1. The smallest absolute Gasteiger partial charge is 0.145 e. The van der Waals surface area contributed by atoms with Crippen LogP contribution < -0.4 is 0 Å². The summed E-state index contributed by atoms with van der Waals surface area (Å²) in [6.07, 6.45) is 3.48. The monoisotopic (exact) mass is 307 g/mol. The molecule has 1 fully saturated rings. The summed E-state index contributed by atoms with van der Waals surface area (Å²) in [5.41, 5.74) is 5.07. The molecule has 0 bridgehead atoms. The number of rotatable bonds is 5. The fourth-order valence-corrected chi connectivity index (χ4v) is 3.25. The third-order valence-corrected chi connectivity index (χ3v) is 4.59. The van der Waals surface area contributed by atoms with Crippen molar-refractivity contribution in [1.82, 2.24) is 0 Å². The number of hydrogen-bond donors (Lipinski definition) is 0. The van der Waals surface area contributed by atoms with Crippen molar-refractivity contribution in [2.45, 2.75) is 25.4 Å². The van der Waals surface area contributed by atoms with E-state index in [1.165, 1.54) is 16.7 Å². The van der Waals surface area contributed by atoms with Gasteiger partial charge in [0.25, 0.3) is 0 Å². The zero-order chi connectivity index (χ0) is 15.5. The van der Waals surface area contributed by atoms with Crippen LogP contribution in [0.5, 0.6) is 0 Å². The van der Waals surface area contributed by atoms with Crippen LogP contribution in [-0.2, 0) is 22.4 Å². The minimum atomic E-state index is 0.241. The Morgan fingerprint density at radius 2 is 1.83 bits per heavy atom. The van der Waals surface area contributed by atoms with Crippen LogP contribution in [-0.4, -0.2) is 25.0 Å². The molecule has 2 aliphatic rings. The zero-order valence-corrected chi connectivity index (χ0v) is 13.2. The van der Waals surface area contributed by atoms with Crippen LogP contribution in [0.4, 0.5) is 0 Å².